The molecule has 0 radical (unpaired) electrons. The van der Waals surface area contributed by atoms with Crippen molar-refractivity contribution in [2.75, 3.05) is 18.4 Å². The maximum atomic E-state index is 11.3. The second kappa shape index (κ2) is 4.92. The lowest BCUT2D eigenvalue weighted by Crippen LogP contribution is -2.29. The molecule has 0 bridgehead atoms. The highest BCUT2D eigenvalue weighted by molar-refractivity contribution is 5.80. The molecule has 1 aliphatic rings. The Kier molecular flexibility index (Phi) is 3.34. The van der Waals surface area contributed by atoms with Crippen molar-refractivity contribution in [3.63, 3.8) is 0 Å². The standard InChI is InChI=1S/C11H16N4O/c1-8-6-10(15-14-7-8)12-4-5-13-11(16)9-2-3-9/h6-7,9H,2-5H2,1H3,(H,12,15)(H,13,16). The highest BCUT2D eigenvalue weighted by Crippen LogP contribution is 2.28. The molecule has 1 aliphatic carbocycles. The van der Waals surface area contributed by atoms with Crippen molar-refractivity contribution >= 4 is 11.7 Å². The number of nitrogens with one attached hydrogen (secondary N) is 2. The molecule has 0 saturated heterocycles. The Morgan fingerprint density at radius 1 is 1.50 bits per heavy atom. The molecular weight excluding hydrogens is 204 g/mol. The van der Waals surface area contributed by atoms with Gasteiger partial charge in [-0.15, -0.1) is 5.10 Å². The van der Waals surface area contributed by atoms with E-state index in [9.17, 15) is 4.79 Å². The number of nitrogens with zero attached hydrogens (tertiary/aromatic N) is 2. The van der Waals surface area contributed by atoms with E-state index < -0.39 is 0 Å². The fraction of sp³-hybridized carbons (Fsp3) is 0.545. The smallest absolute Gasteiger partial charge is 0.223 e. The summed E-state index contributed by atoms with van der Waals surface area (Å²) in [6.07, 6.45) is 3.80. The van der Waals surface area contributed by atoms with Gasteiger partial charge in [-0.1, -0.05) is 0 Å². The minimum Gasteiger partial charge on any atom is -0.367 e. The molecule has 0 atom stereocenters. The van der Waals surface area contributed by atoms with Gasteiger partial charge in [-0.3, -0.25) is 4.79 Å². The highest BCUT2D eigenvalue weighted by Gasteiger charge is 2.28. The number of anilines is 1. The van der Waals surface area contributed by atoms with Gasteiger partial charge in [0, 0.05) is 19.0 Å². The Morgan fingerprint density at radius 3 is 3.00 bits per heavy atom. The maximum Gasteiger partial charge on any atom is 0.223 e. The van der Waals surface area contributed by atoms with Crippen molar-refractivity contribution in [3.8, 4) is 0 Å². The second-order valence-corrected chi connectivity index (χ2v) is 4.11. The van der Waals surface area contributed by atoms with Crippen LogP contribution in [0.15, 0.2) is 12.3 Å². The Bertz CT molecular complexity index is 376. The minimum atomic E-state index is 0.178. The average molecular weight is 220 g/mol. The summed E-state index contributed by atoms with van der Waals surface area (Å²) in [4.78, 5) is 11.3. The van der Waals surface area contributed by atoms with Crippen LogP contribution >= 0.6 is 0 Å². The van der Waals surface area contributed by atoms with Crippen LogP contribution < -0.4 is 10.6 Å². The molecule has 2 rings (SSSR count). The normalized spacial score (nSPS) is 14.6. The monoisotopic (exact) mass is 220 g/mol. The Labute approximate surface area is 94.6 Å². The Morgan fingerprint density at radius 2 is 2.31 bits per heavy atom. The van der Waals surface area contributed by atoms with Gasteiger partial charge in [-0.05, 0) is 31.4 Å². The first-order valence-electron chi connectivity index (χ1n) is 5.56. The number of carbonyl (C=O) groups excluding carboxylic acids is 1. The molecule has 1 heterocycles. The van der Waals surface area contributed by atoms with E-state index in [0.29, 0.717) is 13.1 Å². The quantitative estimate of drug-likeness (QED) is 0.718. The van der Waals surface area contributed by atoms with Crippen LogP contribution in [0.5, 0.6) is 0 Å². The summed E-state index contributed by atoms with van der Waals surface area (Å²) in [5.41, 5.74) is 1.07. The van der Waals surface area contributed by atoms with E-state index in [2.05, 4.69) is 20.8 Å². The molecule has 5 nitrogen and oxygen atoms in total. The molecular formula is C11H16N4O. The maximum absolute atomic E-state index is 11.3. The number of hydrogen-bond donors (Lipinski definition) is 2. The van der Waals surface area contributed by atoms with Crippen molar-refractivity contribution in [2.45, 2.75) is 19.8 Å². The van der Waals surface area contributed by atoms with Gasteiger partial charge in [0.15, 0.2) is 0 Å². The SMILES string of the molecule is Cc1cnnc(NCCNC(=O)C2CC2)c1. The molecule has 0 aliphatic heterocycles. The molecule has 86 valence electrons. The topological polar surface area (TPSA) is 66.9 Å². The molecule has 1 amide bonds. The van der Waals surface area contributed by atoms with E-state index in [-0.39, 0.29) is 11.8 Å². The zero-order chi connectivity index (χ0) is 11.4. The lowest BCUT2D eigenvalue weighted by Gasteiger charge is -2.06. The van der Waals surface area contributed by atoms with Gasteiger partial charge < -0.3 is 10.6 Å². The molecule has 1 fully saturated rings. The van der Waals surface area contributed by atoms with Gasteiger partial charge in [-0.2, -0.15) is 5.10 Å². The summed E-state index contributed by atoms with van der Waals surface area (Å²) in [6.45, 7) is 3.27. The third-order valence-electron chi connectivity index (χ3n) is 2.47. The van der Waals surface area contributed by atoms with Gasteiger partial charge in [0.1, 0.15) is 5.82 Å². The Balaban J connectivity index is 1.65. The first-order chi connectivity index (χ1) is 7.75. The number of aromatic nitrogens is 2. The third-order valence-corrected chi connectivity index (χ3v) is 2.47. The largest absolute Gasteiger partial charge is 0.367 e. The van der Waals surface area contributed by atoms with Crippen LogP contribution in [-0.2, 0) is 4.79 Å². The molecule has 1 aromatic rings. The van der Waals surface area contributed by atoms with Crippen LogP contribution in [-0.4, -0.2) is 29.2 Å². The lowest BCUT2D eigenvalue weighted by molar-refractivity contribution is -0.122. The van der Waals surface area contributed by atoms with Crippen molar-refractivity contribution in [2.24, 2.45) is 5.92 Å². The average Bonchev–Trinajstić information content (AvgIpc) is 3.08. The van der Waals surface area contributed by atoms with Crippen LogP contribution in [0.3, 0.4) is 0 Å². The molecule has 0 aromatic carbocycles. The third kappa shape index (κ3) is 3.18. The van der Waals surface area contributed by atoms with Gasteiger partial charge in [0.2, 0.25) is 5.91 Å². The van der Waals surface area contributed by atoms with Crippen LogP contribution in [0, 0.1) is 12.8 Å². The number of rotatable bonds is 5. The minimum absolute atomic E-state index is 0.178. The van der Waals surface area contributed by atoms with Crippen molar-refractivity contribution in [3.05, 3.63) is 17.8 Å². The lowest BCUT2D eigenvalue weighted by atomic mass is 10.3. The van der Waals surface area contributed by atoms with Crippen molar-refractivity contribution in [1.29, 1.82) is 0 Å². The van der Waals surface area contributed by atoms with Crippen molar-refractivity contribution < 1.29 is 4.79 Å². The predicted octanol–water partition coefficient (Wildman–Crippen LogP) is 0.723. The number of amides is 1. The molecule has 5 heteroatoms. The fourth-order valence-electron chi connectivity index (χ4n) is 1.42. The van der Waals surface area contributed by atoms with Gasteiger partial charge >= 0.3 is 0 Å². The summed E-state index contributed by atoms with van der Waals surface area (Å²) < 4.78 is 0. The van der Waals surface area contributed by atoms with E-state index in [1.807, 2.05) is 13.0 Å². The van der Waals surface area contributed by atoms with E-state index in [4.69, 9.17) is 0 Å². The van der Waals surface area contributed by atoms with E-state index in [1.54, 1.807) is 6.20 Å². The van der Waals surface area contributed by atoms with Crippen molar-refractivity contribution in [1.82, 2.24) is 15.5 Å². The second-order valence-electron chi connectivity index (χ2n) is 4.11. The van der Waals surface area contributed by atoms with Crippen LogP contribution in [0.1, 0.15) is 18.4 Å². The Hall–Kier alpha value is -1.65. The predicted molar refractivity (Wildman–Crippen MR) is 61.0 cm³/mol. The summed E-state index contributed by atoms with van der Waals surface area (Å²) in [5, 5.41) is 13.8. The molecule has 16 heavy (non-hydrogen) atoms. The zero-order valence-corrected chi connectivity index (χ0v) is 9.36. The highest BCUT2D eigenvalue weighted by atomic mass is 16.2. The molecule has 0 spiro atoms. The molecule has 0 unspecified atom stereocenters. The van der Waals surface area contributed by atoms with Crippen LogP contribution in [0.25, 0.3) is 0 Å². The fourth-order valence-corrected chi connectivity index (χ4v) is 1.42. The van der Waals surface area contributed by atoms with E-state index >= 15 is 0 Å². The van der Waals surface area contributed by atoms with Gasteiger partial charge in [0.25, 0.3) is 0 Å². The summed E-state index contributed by atoms with van der Waals surface area (Å²) in [7, 11) is 0. The zero-order valence-electron chi connectivity index (χ0n) is 9.36. The summed E-state index contributed by atoms with van der Waals surface area (Å²) in [5.74, 6) is 1.21. The van der Waals surface area contributed by atoms with Crippen LogP contribution in [0.4, 0.5) is 5.82 Å². The van der Waals surface area contributed by atoms with E-state index in [0.717, 1.165) is 24.2 Å². The molecule has 1 saturated carbocycles. The number of carbonyl (C=O) groups is 1. The number of hydrogen-bond acceptors (Lipinski definition) is 4. The first-order valence-corrected chi connectivity index (χ1v) is 5.56. The van der Waals surface area contributed by atoms with Gasteiger partial charge in [0.05, 0.1) is 6.20 Å². The first kappa shape index (κ1) is 10.9. The molecule has 1 aromatic heterocycles. The van der Waals surface area contributed by atoms with E-state index in [1.165, 1.54) is 0 Å². The summed E-state index contributed by atoms with van der Waals surface area (Å²) in [6, 6.07) is 1.93. The van der Waals surface area contributed by atoms with Gasteiger partial charge in [-0.25, -0.2) is 0 Å². The number of aryl methyl sites for hydroxylation is 1. The van der Waals surface area contributed by atoms with Crippen LogP contribution in [0.2, 0.25) is 0 Å². The molecule has 2 N–H and O–H groups in total. The summed E-state index contributed by atoms with van der Waals surface area (Å²) >= 11 is 0.